The zero-order valence-corrected chi connectivity index (χ0v) is 6.28. The van der Waals surface area contributed by atoms with E-state index in [9.17, 15) is 0 Å². The fraction of sp³-hybridized carbons (Fsp3) is 0. The average molecular weight is 193 g/mol. The summed E-state index contributed by atoms with van der Waals surface area (Å²) in [4.78, 5) is 2.85. The SMILES string of the molecule is O.S=c1cccc[nH]1.[Cu]. The number of H-pyrrole nitrogens is 1. The number of aromatic amines is 1. The molecule has 2 nitrogen and oxygen atoms in total. The first-order chi connectivity index (χ1) is 3.39. The van der Waals surface area contributed by atoms with Gasteiger partial charge in [0, 0.05) is 23.3 Å². The summed E-state index contributed by atoms with van der Waals surface area (Å²) < 4.78 is 0.780. The third-order valence-corrected chi connectivity index (χ3v) is 0.934. The number of nitrogens with one attached hydrogen (secondary N) is 1. The first-order valence-corrected chi connectivity index (χ1v) is 2.44. The maximum Gasteiger partial charge on any atom is 0.103 e. The van der Waals surface area contributed by atoms with Crippen molar-refractivity contribution in [2.24, 2.45) is 0 Å². The normalized spacial score (nSPS) is 6.67. The van der Waals surface area contributed by atoms with E-state index in [0.717, 1.165) is 4.64 Å². The number of hydrogen-bond acceptors (Lipinski definition) is 1. The van der Waals surface area contributed by atoms with Crippen molar-refractivity contribution < 1.29 is 22.5 Å². The molecule has 0 aliphatic carbocycles. The standard InChI is InChI=1S/C5H5NS.Cu.H2O/c7-5-3-1-2-4-6-5;;/h1-4H,(H,6,7);;1H2. The topological polar surface area (TPSA) is 47.3 Å². The smallest absolute Gasteiger partial charge is 0.103 e. The molecule has 1 heterocycles. The molecule has 0 saturated carbocycles. The van der Waals surface area contributed by atoms with Crippen LogP contribution >= 0.6 is 12.2 Å². The molecule has 1 radical (unpaired) electrons. The number of pyridine rings is 1. The van der Waals surface area contributed by atoms with Gasteiger partial charge in [-0.25, -0.2) is 0 Å². The van der Waals surface area contributed by atoms with Gasteiger partial charge in [0.25, 0.3) is 0 Å². The van der Waals surface area contributed by atoms with Gasteiger partial charge in [-0.3, -0.25) is 0 Å². The van der Waals surface area contributed by atoms with Gasteiger partial charge < -0.3 is 10.5 Å². The van der Waals surface area contributed by atoms with E-state index in [1.807, 2.05) is 24.4 Å². The van der Waals surface area contributed by atoms with Gasteiger partial charge in [-0.1, -0.05) is 18.3 Å². The molecule has 0 fully saturated rings. The number of aromatic nitrogens is 1. The molecular weight excluding hydrogens is 186 g/mol. The molecule has 1 aromatic rings. The second-order valence-electron chi connectivity index (χ2n) is 1.23. The molecule has 4 heteroatoms. The minimum atomic E-state index is 0. The van der Waals surface area contributed by atoms with Crippen LogP contribution in [0.5, 0.6) is 0 Å². The molecule has 0 aliphatic rings. The maximum atomic E-state index is 4.76. The van der Waals surface area contributed by atoms with E-state index in [1.165, 1.54) is 0 Å². The molecule has 0 unspecified atom stereocenters. The molecule has 0 aromatic carbocycles. The molecule has 0 spiro atoms. The molecule has 0 bridgehead atoms. The molecular formula is C5H7CuNOS. The number of rotatable bonds is 0. The van der Waals surface area contributed by atoms with Crippen molar-refractivity contribution in [2.75, 3.05) is 0 Å². The van der Waals surface area contributed by atoms with Crippen LogP contribution in [0.3, 0.4) is 0 Å². The first-order valence-electron chi connectivity index (χ1n) is 2.03. The van der Waals surface area contributed by atoms with Gasteiger partial charge in [-0.15, -0.1) is 0 Å². The third kappa shape index (κ3) is 4.36. The predicted molar refractivity (Wildman–Crippen MR) is 35.2 cm³/mol. The van der Waals surface area contributed by atoms with E-state index in [0.29, 0.717) is 0 Å². The largest absolute Gasteiger partial charge is 0.412 e. The van der Waals surface area contributed by atoms with E-state index >= 15 is 0 Å². The molecule has 1 aromatic heterocycles. The van der Waals surface area contributed by atoms with Crippen LogP contribution in [0.1, 0.15) is 0 Å². The fourth-order valence-electron chi connectivity index (χ4n) is 0.377. The monoisotopic (exact) mass is 192 g/mol. The van der Waals surface area contributed by atoms with Gasteiger partial charge in [0.15, 0.2) is 0 Å². The van der Waals surface area contributed by atoms with Crippen LogP contribution in [0.4, 0.5) is 0 Å². The second-order valence-corrected chi connectivity index (χ2v) is 1.67. The van der Waals surface area contributed by atoms with Crippen molar-refractivity contribution in [3.05, 3.63) is 29.0 Å². The molecule has 55 valence electrons. The Kier molecular flexibility index (Phi) is 7.72. The Bertz CT molecular complexity index is 183. The van der Waals surface area contributed by atoms with Gasteiger partial charge >= 0.3 is 0 Å². The van der Waals surface area contributed by atoms with Crippen molar-refractivity contribution in [3.63, 3.8) is 0 Å². The summed E-state index contributed by atoms with van der Waals surface area (Å²) in [6.45, 7) is 0. The Hall–Kier alpha value is -0.151. The Morgan fingerprint density at radius 1 is 1.33 bits per heavy atom. The van der Waals surface area contributed by atoms with Crippen molar-refractivity contribution in [1.82, 2.24) is 4.98 Å². The van der Waals surface area contributed by atoms with Crippen LogP contribution in [0.25, 0.3) is 0 Å². The predicted octanol–water partition coefficient (Wildman–Crippen LogP) is 0.917. The molecule has 0 atom stereocenters. The zero-order valence-electron chi connectivity index (χ0n) is 4.52. The summed E-state index contributed by atoms with van der Waals surface area (Å²) in [5.41, 5.74) is 0. The van der Waals surface area contributed by atoms with Crippen molar-refractivity contribution in [2.45, 2.75) is 0 Å². The first kappa shape index (κ1) is 11.6. The van der Waals surface area contributed by atoms with Gasteiger partial charge in [0.1, 0.15) is 4.64 Å². The van der Waals surface area contributed by atoms with E-state index in [-0.39, 0.29) is 22.5 Å². The maximum absolute atomic E-state index is 4.76. The summed E-state index contributed by atoms with van der Waals surface area (Å²) >= 11 is 4.76. The van der Waals surface area contributed by atoms with Crippen LogP contribution in [0.15, 0.2) is 24.4 Å². The van der Waals surface area contributed by atoms with Crippen molar-refractivity contribution in [3.8, 4) is 0 Å². The third-order valence-electron chi connectivity index (χ3n) is 0.681. The Balaban J connectivity index is 0. The van der Waals surface area contributed by atoms with Crippen LogP contribution in [-0.2, 0) is 17.1 Å². The Morgan fingerprint density at radius 3 is 2.22 bits per heavy atom. The van der Waals surface area contributed by atoms with Gasteiger partial charge in [0.05, 0.1) is 0 Å². The van der Waals surface area contributed by atoms with Gasteiger partial charge in [0.2, 0.25) is 0 Å². The average Bonchev–Trinajstić information content (AvgIpc) is 1.69. The number of hydrogen-bond donors (Lipinski definition) is 1. The quantitative estimate of drug-likeness (QED) is 0.482. The van der Waals surface area contributed by atoms with Gasteiger partial charge in [-0.2, -0.15) is 0 Å². The van der Waals surface area contributed by atoms with E-state index in [4.69, 9.17) is 12.2 Å². The molecule has 1 rings (SSSR count). The summed E-state index contributed by atoms with van der Waals surface area (Å²) in [6.07, 6.45) is 1.81. The van der Waals surface area contributed by atoms with E-state index in [2.05, 4.69) is 4.98 Å². The Morgan fingerprint density at radius 2 is 2.00 bits per heavy atom. The molecule has 3 N–H and O–H groups in total. The minimum absolute atomic E-state index is 0. The van der Waals surface area contributed by atoms with Crippen molar-refractivity contribution >= 4 is 12.2 Å². The van der Waals surface area contributed by atoms with Crippen molar-refractivity contribution in [1.29, 1.82) is 0 Å². The van der Waals surface area contributed by atoms with Gasteiger partial charge in [-0.05, 0) is 12.1 Å². The van der Waals surface area contributed by atoms with E-state index in [1.54, 1.807) is 0 Å². The molecule has 0 amide bonds. The Labute approximate surface area is 69.1 Å². The summed E-state index contributed by atoms with van der Waals surface area (Å²) in [6, 6.07) is 5.64. The zero-order chi connectivity index (χ0) is 5.11. The molecule has 9 heavy (non-hydrogen) atoms. The summed E-state index contributed by atoms with van der Waals surface area (Å²) in [5.74, 6) is 0. The van der Waals surface area contributed by atoms with Crippen LogP contribution in [0.2, 0.25) is 0 Å². The van der Waals surface area contributed by atoms with E-state index < -0.39 is 0 Å². The van der Waals surface area contributed by atoms with Crippen LogP contribution in [-0.4, -0.2) is 10.5 Å². The van der Waals surface area contributed by atoms with Crippen LogP contribution in [0, 0.1) is 4.64 Å². The fourth-order valence-corrected chi connectivity index (χ4v) is 0.523. The molecule has 0 saturated heterocycles. The van der Waals surface area contributed by atoms with Crippen LogP contribution < -0.4 is 0 Å². The second kappa shape index (κ2) is 5.98. The summed E-state index contributed by atoms with van der Waals surface area (Å²) in [5, 5.41) is 0. The molecule has 0 aliphatic heterocycles. The minimum Gasteiger partial charge on any atom is -0.412 e. The summed E-state index contributed by atoms with van der Waals surface area (Å²) in [7, 11) is 0.